The Morgan fingerprint density at radius 1 is 1.07 bits per heavy atom. The number of rotatable bonds is 6. The second-order valence-electron chi connectivity index (χ2n) is 7.85. The first-order chi connectivity index (χ1) is 12.7. The van der Waals surface area contributed by atoms with E-state index in [1.54, 1.807) is 25.7 Å². The molecule has 27 heavy (non-hydrogen) atoms. The van der Waals surface area contributed by atoms with Crippen LogP contribution in [0.3, 0.4) is 0 Å². The molecule has 6 heteroatoms. The van der Waals surface area contributed by atoms with Crippen LogP contribution >= 0.6 is 0 Å². The lowest BCUT2D eigenvalue weighted by Gasteiger charge is -2.39. The summed E-state index contributed by atoms with van der Waals surface area (Å²) in [7, 11) is 1.31. The molecule has 1 atom stereocenters. The first kappa shape index (κ1) is 21.2. The summed E-state index contributed by atoms with van der Waals surface area (Å²) in [5, 5.41) is 0. The van der Waals surface area contributed by atoms with Gasteiger partial charge in [0.05, 0.1) is 13.2 Å². The molecule has 6 nitrogen and oxygen atoms in total. The Morgan fingerprint density at radius 3 is 2.19 bits per heavy atom. The summed E-state index contributed by atoms with van der Waals surface area (Å²) in [6.45, 7) is 9.06. The number of Topliss-reactive ketones (excluding diaryl/α,β-unsaturated/α-hetero) is 1. The lowest BCUT2D eigenvalue weighted by molar-refractivity contribution is -0.139. The molecule has 1 heterocycles. The van der Waals surface area contributed by atoms with Crippen LogP contribution in [-0.4, -0.2) is 46.7 Å². The van der Waals surface area contributed by atoms with Crippen LogP contribution in [0, 0.1) is 19.8 Å². The molecule has 150 valence electrons. The lowest BCUT2D eigenvalue weighted by Crippen LogP contribution is -2.51. The number of methoxy groups -OCH3 is 1. The van der Waals surface area contributed by atoms with Crippen molar-refractivity contribution in [1.82, 2.24) is 9.88 Å². The van der Waals surface area contributed by atoms with E-state index in [0.717, 1.165) is 25.7 Å². The number of esters is 1. The van der Waals surface area contributed by atoms with Crippen molar-refractivity contribution in [1.29, 1.82) is 0 Å². The van der Waals surface area contributed by atoms with Gasteiger partial charge >= 0.3 is 5.97 Å². The van der Waals surface area contributed by atoms with Crippen molar-refractivity contribution < 1.29 is 19.1 Å². The molecule has 0 bridgehead atoms. The fourth-order valence-electron chi connectivity index (χ4n) is 4.11. The van der Waals surface area contributed by atoms with Gasteiger partial charge in [-0.05, 0) is 39.2 Å². The van der Waals surface area contributed by atoms with Crippen molar-refractivity contribution in [2.24, 2.45) is 5.92 Å². The summed E-state index contributed by atoms with van der Waals surface area (Å²) in [6, 6.07) is -0.464. The molecule has 1 N–H and O–H groups in total. The number of nitrogens with one attached hydrogen (secondary N) is 1. The Kier molecular flexibility index (Phi) is 6.84. The van der Waals surface area contributed by atoms with Crippen molar-refractivity contribution in [2.45, 2.75) is 78.8 Å². The van der Waals surface area contributed by atoms with Crippen LogP contribution in [-0.2, 0) is 9.53 Å². The zero-order valence-corrected chi connectivity index (χ0v) is 17.3. The maximum absolute atomic E-state index is 13.4. The molecule has 0 spiro atoms. The number of hydrogen-bond acceptors (Lipinski definition) is 4. The van der Waals surface area contributed by atoms with Gasteiger partial charge in [0.25, 0.3) is 0 Å². The summed E-state index contributed by atoms with van der Waals surface area (Å²) in [5.41, 5.74) is 1.99. The minimum atomic E-state index is -0.568. The average Bonchev–Trinajstić information content (AvgIpc) is 2.95. The number of amides is 1. The molecule has 1 fully saturated rings. The summed E-state index contributed by atoms with van der Waals surface area (Å²) in [4.78, 5) is 43.0. The predicted molar refractivity (Wildman–Crippen MR) is 104 cm³/mol. The average molecular weight is 376 g/mol. The van der Waals surface area contributed by atoms with Gasteiger partial charge in [-0.3, -0.25) is 9.59 Å². The SMILES string of the molecule is COC(=O)c1[nH]c(C)c(C(=O)C(C)N(C(=O)C(C)C)C2CCCCC2)c1C. The molecular formula is C21H32N2O4. The first-order valence-corrected chi connectivity index (χ1v) is 9.84. The monoisotopic (exact) mass is 376 g/mol. The third-order valence-corrected chi connectivity index (χ3v) is 5.59. The zero-order chi connectivity index (χ0) is 20.3. The summed E-state index contributed by atoms with van der Waals surface area (Å²) >= 11 is 0. The topological polar surface area (TPSA) is 79.5 Å². The smallest absolute Gasteiger partial charge is 0.354 e. The number of H-pyrrole nitrogens is 1. The van der Waals surface area contributed by atoms with Crippen LogP contribution in [0.1, 0.15) is 85.0 Å². The zero-order valence-electron chi connectivity index (χ0n) is 17.3. The Labute approximate surface area is 161 Å². The molecule has 1 aliphatic rings. The number of nitrogens with zero attached hydrogens (tertiary/aromatic N) is 1. The van der Waals surface area contributed by atoms with E-state index in [2.05, 4.69) is 4.98 Å². The van der Waals surface area contributed by atoms with E-state index in [1.165, 1.54) is 13.5 Å². The highest BCUT2D eigenvalue weighted by atomic mass is 16.5. The number of aryl methyl sites for hydroxylation is 1. The third kappa shape index (κ3) is 4.25. The number of hydrogen-bond donors (Lipinski definition) is 1. The first-order valence-electron chi connectivity index (χ1n) is 9.84. The second-order valence-corrected chi connectivity index (χ2v) is 7.85. The molecule has 0 radical (unpaired) electrons. The number of ketones is 1. The van der Waals surface area contributed by atoms with Gasteiger partial charge in [0.2, 0.25) is 5.91 Å². The second kappa shape index (κ2) is 8.72. The highest BCUT2D eigenvalue weighted by Gasteiger charge is 2.36. The number of carbonyl (C=O) groups excluding carboxylic acids is 3. The van der Waals surface area contributed by atoms with Crippen molar-refractivity contribution in [3.63, 3.8) is 0 Å². The quantitative estimate of drug-likeness (QED) is 0.605. The van der Waals surface area contributed by atoms with Gasteiger partial charge in [-0.25, -0.2) is 4.79 Å². The molecule has 2 rings (SSSR count). The van der Waals surface area contributed by atoms with Crippen molar-refractivity contribution in [2.75, 3.05) is 7.11 Å². The molecular weight excluding hydrogens is 344 g/mol. The van der Waals surface area contributed by atoms with Crippen molar-refractivity contribution in [3.05, 3.63) is 22.5 Å². The van der Waals surface area contributed by atoms with Gasteiger partial charge in [-0.1, -0.05) is 33.1 Å². The van der Waals surface area contributed by atoms with Crippen LogP contribution in [0.4, 0.5) is 0 Å². The van der Waals surface area contributed by atoms with E-state index in [0.29, 0.717) is 22.5 Å². The van der Waals surface area contributed by atoms with E-state index in [4.69, 9.17) is 4.74 Å². The fraction of sp³-hybridized carbons (Fsp3) is 0.667. The van der Waals surface area contributed by atoms with Gasteiger partial charge in [0.15, 0.2) is 5.78 Å². The van der Waals surface area contributed by atoms with Crippen LogP contribution in [0.15, 0.2) is 0 Å². The van der Waals surface area contributed by atoms with Gasteiger partial charge < -0.3 is 14.6 Å². The van der Waals surface area contributed by atoms with Gasteiger partial charge in [0, 0.05) is 23.2 Å². The normalized spacial score (nSPS) is 16.3. The Bertz CT molecular complexity index is 714. The lowest BCUT2D eigenvalue weighted by atomic mass is 9.90. The number of carbonyl (C=O) groups is 3. The molecule has 0 aliphatic heterocycles. The maximum atomic E-state index is 13.4. The fourth-order valence-corrected chi connectivity index (χ4v) is 4.11. The summed E-state index contributed by atoms with van der Waals surface area (Å²) < 4.78 is 4.79. The van der Waals surface area contributed by atoms with Crippen molar-refractivity contribution in [3.8, 4) is 0 Å². The van der Waals surface area contributed by atoms with Gasteiger partial charge in [0.1, 0.15) is 5.69 Å². The molecule has 0 aromatic carbocycles. The van der Waals surface area contributed by atoms with Crippen LogP contribution in [0.5, 0.6) is 0 Å². The Morgan fingerprint density at radius 2 is 1.67 bits per heavy atom. The minimum absolute atomic E-state index is 0.0155. The van der Waals surface area contributed by atoms with E-state index in [-0.39, 0.29) is 23.7 Å². The number of ether oxygens (including phenoxy) is 1. The number of aromatic nitrogens is 1. The molecule has 1 saturated carbocycles. The van der Waals surface area contributed by atoms with E-state index >= 15 is 0 Å². The standard InChI is InChI=1S/C21H32N2O4/c1-12(2)20(25)23(16-10-8-7-9-11-16)15(5)19(24)17-13(3)18(21(26)27-6)22-14(17)4/h12,15-16,22H,7-11H2,1-6H3. The minimum Gasteiger partial charge on any atom is -0.464 e. The predicted octanol–water partition coefficient (Wildman–Crippen LogP) is 3.81. The Balaban J connectivity index is 2.38. The van der Waals surface area contributed by atoms with Crippen LogP contribution < -0.4 is 0 Å². The molecule has 1 aliphatic carbocycles. The van der Waals surface area contributed by atoms with Gasteiger partial charge in [-0.15, -0.1) is 0 Å². The summed E-state index contributed by atoms with van der Waals surface area (Å²) in [5.74, 6) is -0.774. The Hall–Kier alpha value is -2.11. The summed E-state index contributed by atoms with van der Waals surface area (Å²) in [6.07, 6.45) is 5.23. The van der Waals surface area contributed by atoms with Gasteiger partial charge in [-0.2, -0.15) is 0 Å². The molecule has 1 unspecified atom stereocenters. The molecule has 1 aromatic heterocycles. The van der Waals surface area contributed by atoms with E-state index in [9.17, 15) is 14.4 Å². The largest absolute Gasteiger partial charge is 0.464 e. The van der Waals surface area contributed by atoms with E-state index in [1.807, 2.05) is 13.8 Å². The molecule has 0 saturated heterocycles. The molecule has 1 aromatic rings. The van der Waals surface area contributed by atoms with Crippen molar-refractivity contribution >= 4 is 17.7 Å². The van der Waals surface area contributed by atoms with E-state index < -0.39 is 12.0 Å². The highest BCUT2D eigenvalue weighted by molar-refractivity contribution is 6.06. The van der Waals surface area contributed by atoms with Crippen LogP contribution in [0.25, 0.3) is 0 Å². The maximum Gasteiger partial charge on any atom is 0.354 e. The highest BCUT2D eigenvalue weighted by Crippen LogP contribution is 2.28. The third-order valence-electron chi connectivity index (χ3n) is 5.59. The number of aromatic amines is 1. The van der Waals surface area contributed by atoms with Crippen LogP contribution in [0.2, 0.25) is 0 Å². The molecule has 1 amide bonds.